The standard InChI is InChI=1S/C15H25ClN2/c1-4-7-12(2)15(10-17)18(3)11-13-8-5-6-9-14(13)16/h5-6,8-9,12,15H,4,7,10-11,17H2,1-3H3. The van der Waals surface area contributed by atoms with Crippen molar-refractivity contribution >= 4 is 11.6 Å². The van der Waals surface area contributed by atoms with Crippen LogP contribution in [0.15, 0.2) is 24.3 Å². The molecule has 0 saturated carbocycles. The highest BCUT2D eigenvalue weighted by Crippen LogP contribution is 2.20. The van der Waals surface area contributed by atoms with Crippen LogP contribution < -0.4 is 5.73 Å². The molecule has 102 valence electrons. The van der Waals surface area contributed by atoms with Gasteiger partial charge in [0.15, 0.2) is 0 Å². The molecule has 0 heterocycles. The third-order valence-electron chi connectivity index (χ3n) is 3.59. The van der Waals surface area contributed by atoms with E-state index in [0.717, 1.165) is 11.6 Å². The molecule has 1 aromatic rings. The van der Waals surface area contributed by atoms with E-state index in [1.807, 2.05) is 18.2 Å². The van der Waals surface area contributed by atoms with E-state index in [9.17, 15) is 0 Å². The third-order valence-corrected chi connectivity index (χ3v) is 3.95. The molecule has 2 atom stereocenters. The molecule has 0 spiro atoms. The Hall–Kier alpha value is -0.570. The molecule has 0 bridgehead atoms. The Morgan fingerprint density at radius 1 is 1.33 bits per heavy atom. The van der Waals surface area contributed by atoms with Crippen LogP contribution >= 0.6 is 11.6 Å². The van der Waals surface area contributed by atoms with Gasteiger partial charge in [-0.05, 0) is 31.0 Å². The van der Waals surface area contributed by atoms with Gasteiger partial charge in [0.25, 0.3) is 0 Å². The number of nitrogens with zero attached hydrogens (tertiary/aromatic N) is 1. The Morgan fingerprint density at radius 3 is 2.56 bits per heavy atom. The van der Waals surface area contributed by atoms with Gasteiger partial charge in [0.1, 0.15) is 0 Å². The second kappa shape index (κ2) is 7.78. The van der Waals surface area contributed by atoms with E-state index in [1.54, 1.807) is 0 Å². The zero-order valence-electron chi connectivity index (χ0n) is 11.7. The molecule has 18 heavy (non-hydrogen) atoms. The van der Waals surface area contributed by atoms with Crippen LogP contribution in [0.1, 0.15) is 32.3 Å². The van der Waals surface area contributed by atoms with E-state index in [2.05, 4.69) is 31.9 Å². The summed E-state index contributed by atoms with van der Waals surface area (Å²) in [6, 6.07) is 8.43. The summed E-state index contributed by atoms with van der Waals surface area (Å²) >= 11 is 6.20. The molecular formula is C15H25ClN2. The topological polar surface area (TPSA) is 29.3 Å². The highest BCUT2D eigenvalue weighted by Gasteiger charge is 2.20. The average Bonchev–Trinajstić information content (AvgIpc) is 2.33. The van der Waals surface area contributed by atoms with Gasteiger partial charge in [-0.2, -0.15) is 0 Å². The van der Waals surface area contributed by atoms with Crippen molar-refractivity contribution in [3.05, 3.63) is 34.9 Å². The fourth-order valence-corrected chi connectivity index (χ4v) is 2.70. The first-order chi connectivity index (χ1) is 8.60. The summed E-state index contributed by atoms with van der Waals surface area (Å²) in [4.78, 5) is 2.32. The van der Waals surface area contributed by atoms with Gasteiger partial charge in [-0.15, -0.1) is 0 Å². The summed E-state index contributed by atoms with van der Waals surface area (Å²) in [7, 11) is 2.13. The molecule has 0 saturated heterocycles. The van der Waals surface area contributed by atoms with Gasteiger partial charge in [0.2, 0.25) is 0 Å². The Labute approximate surface area is 116 Å². The zero-order chi connectivity index (χ0) is 13.5. The highest BCUT2D eigenvalue weighted by molar-refractivity contribution is 6.31. The summed E-state index contributed by atoms with van der Waals surface area (Å²) in [5.74, 6) is 0.618. The largest absolute Gasteiger partial charge is 0.329 e. The lowest BCUT2D eigenvalue weighted by molar-refractivity contribution is 0.174. The zero-order valence-corrected chi connectivity index (χ0v) is 12.5. The monoisotopic (exact) mass is 268 g/mol. The molecular weight excluding hydrogens is 244 g/mol. The maximum atomic E-state index is 6.20. The second-order valence-corrected chi connectivity index (χ2v) is 5.48. The summed E-state index contributed by atoms with van der Waals surface area (Å²) in [6.45, 7) is 6.06. The predicted molar refractivity (Wildman–Crippen MR) is 79.8 cm³/mol. The fourth-order valence-electron chi connectivity index (χ4n) is 2.51. The number of hydrogen-bond donors (Lipinski definition) is 1. The lowest BCUT2D eigenvalue weighted by Crippen LogP contribution is -2.42. The number of nitrogens with two attached hydrogens (primary N) is 1. The van der Waals surface area contributed by atoms with Crippen LogP contribution in [0.2, 0.25) is 5.02 Å². The second-order valence-electron chi connectivity index (χ2n) is 5.08. The Bertz CT molecular complexity index is 354. The molecule has 1 rings (SSSR count). The first-order valence-corrected chi connectivity index (χ1v) is 7.11. The van der Waals surface area contributed by atoms with Crippen molar-refractivity contribution in [3.8, 4) is 0 Å². The molecule has 1 aromatic carbocycles. The van der Waals surface area contributed by atoms with Gasteiger partial charge in [-0.25, -0.2) is 0 Å². The van der Waals surface area contributed by atoms with Crippen LogP contribution in [0.3, 0.4) is 0 Å². The van der Waals surface area contributed by atoms with Crippen LogP contribution in [0.25, 0.3) is 0 Å². The summed E-state index contributed by atoms with van der Waals surface area (Å²) in [5, 5.41) is 0.836. The molecule has 0 amide bonds. The molecule has 0 fully saturated rings. The van der Waals surface area contributed by atoms with Crippen LogP contribution in [0.4, 0.5) is 0 Å². The normalized spacial score (nSPS) is 14.8. The maximum Gasteiger partial charge on any atom is 0.0451 e. The van der Waals surface area contributed by atoms with Crippen LogP contribution in [-0.2, 0) is 6.54 Å². The summed E-state index contributed by atoms with van der Waals surface area (Å²) < 4.78 is 0. The number of hydrogen-bond acceptors (Lipinski definition) is 2. The minimum absolute atomic E-state index is 0.418. The Balaban J connectivity index is 2.68. The van der Waals surface area contributed by atoms with Crippen LogP contribution in [-0.4, -0.2) is 24.5 Å². The van der Waals surface area contributed by atoms with E-state index < -0.39 is 0 Å². The Kier molecular flexibility index (Phi) is 6.69. The van der Waals surface area contributed by atoms with E-state index in [4.69, 9.17) is 17.3 Å². The van der Waals surface area contributed by atoms with Gasteiger partial charge >= 0.3 is 0 Å². The van der Waals surface area contributed by atoms with Crippen molar-refractivity contribution in [2.24, 2.45) is 11.7 Å². The van der Waals surface area contributed by atoms with E-state index in [0.29, 0.717) is 18.5 Å². The van der Waals surface area contributed by atoms with Gasteiger partial charge in [0, 0.05) is 24.2 Å². The van der Waals surface area contributed by atoms with Gasteiger partial charge < -0.3 is 5.73 Å². The van der Waals surface area contributed by atoms with Gasteiger partial charge in [-0.1, -0.05) is 50.1 Å². The molecule has 2 nitrogen and oxygen atoms in total. The first kappa shape index (κ1) is 15.5. The van der Waals surface area contributed by atoms with E-state index >= 15 is 0 Å². The number of likely N-dealkylation sites (N-methyl/N-ethyl adjacent to an activating group) is 1. The number of rotatable bonds is 7. The average molecular weight is 269 g/mol. The molecule has 2 N–H and O–H groups in total. The molecule has 0 aliphatic carbocycles. The number of benzene rings is 1. The van der Waals surface area contributed by atoms with Crippen molar-refractivity contribution in [1.29, 1.82) is 0 Å². The minimum atomic E-state index is 0.418. The molecule has 0 aliphatic heterocycles. The van der Waals surface area contributed by atoms with Crippen LogP contribution in [0, 0.1) is 5.92 Å². The highest BCUT2D eigenvalue weighted by atomic mass is 35.5. The number of halogens is 1. The van der Waals surface area contributed by atoms with Gasteiger partial charge in [-0.3, -0.25) is 4.90 Å². The molecule has 0 aromatic heterocycles. The van der Waals surface area contributed by atoms with E-state index in [1.165, 1.54) is 18.4 Å². The quantitative estimate of drug-likeness (QED) is 0.820. The SMILES string of the molecule is CCCC(C)C(CN)N(C)Cc1ccccc1Cl. The third kappa shape index (κ3) is 4.27. The summed E-state index contributed by atoms with van der Waals surface area (Å²) in [6.07, 6.45) is 2.42. The van der Waals surface area contributed by atoms with Crippen molar-refractivity contribution in [1.82, 2.24) is 4.90 Å². The lowest BCUT2D eigenvalue weighted by Gasteiger charge is -2.32. The summed E-state index contributed by atoms with van der Waals surface area (Å²) in [5.41, 5.74) is 7.09. The lowest BCUT2D eigenvalue weighted by atomic mass is 9.95. The molecule has 0 radical (unpaired) electrons. The molecule has 2 unspecified atom stereocenters. The smallest absolute Gasteiger partial charge is 0.0451 e. The maximum absolute atomic E-state index is 6.20. The minimum Gasteiger partial charge on any atom is -0.329 e. The fraction of sp³-hybridized carbons (Fsp3) is 0.600. The van der Waals surface area contributed by atoms with Gasteiger partial charge in [0.05, 0.1) is 0 Å². The molecule has 0 aliphatic rings. The molecule has 3 heteroatoms. The Morgan fingerprint density at radius 2 is 2.00 bits per heavy atom. The van der Waals surface area contributed by atoms with Crippen molar-refractivity contribution in [3.63, 3.8) is 0 Å². The van der Waals surface area contributed by atoms with Crippen molar-refractivity contribution < 1.29 is 0 Å². The van der Waals surface area contributed by atoms with Crippen LogP contribution in [0.5, 0.6) is 0 Å². The van der Waals surface area contributed by atoms with Crippen molar-refractivity contribution in [2.75, 3.05) is 13.6 Å². The predicted octanol–water partition coefficient (Wildman–Crippen LogP) is 3.54. The van der Waals surface area contributed by atoms with E-state index in [-0.39, 0.29) is 0 Å². The van der Waals surface area contributed by atoms with Crippen molar-refractivity contribution in [2.45, 2.75) is 39.3 Å². The first-order valence-electron chi connectivity index (χ1n) is 6.73.